The first-order valence-corrected chi connectivity index (χ1v) is 7.57. The van der Waals surface area contributed by atoms with Gasteiger partial charge in [0.1, 0.15) is 0 Å². The SMILES string of the molecule is COc1cc(CC(C(=O)O)c2ccc(Cl)s2)cc(OC)c1O. The van der Waals surface area contributed by atoms with Crippen LogP contribution in [0.3, 0.4) is 0 Å². The predicted molar refractivity (Wildman–Crippen MR) is 84.6 cm³/mol. The molecule has 7 heteroatoms. The molecule has 2 aromatic rings. The molecule has 1 atom stereocenters. The molecule has 0 saturated heterocycles. The van der Waals surface area contributed by atoms with Crippen LogP contribution in [0, 0.1) is 0 Å². The second kappa shape index (κ2) is 6.89. The summed E-state index contributed by atoms with van der Waals surface area (Å²) < 4.78 is 10.7. The Hall–Kier alpha value is -1.92. The van der Waals surface area contributed by atoms with Crippen molar-refractivity contribution in [1.82, 2.24) is 0 Å². The largest absolute Gasteiger partial charge is 0.502 e. The summed E-state index contributed by atoms with van der Waals surface area (Å²) in [6, 6.07) is 6.59. The van der Waals surface area contributed by atoms with Crippen LogP contribution in [0.25, 0.3) is 0 Å². The average Bonchev–Trinajstić information content (AvgIpc) is 2.91. The fourth-order valence-electron chi connectivity index (χ4n) is 2.13. The molecule has 2 N–H and O–H groups in total. The lowest BCUT2D eigenvalue weighted by Crippen LogP contribution is -2.13. The minimum Gasteiger partial charge on any atom is -0.502 e. The highest BCUT2D eigenvalue weighted by Gasteiger charge is 2.23. The summed E-state index contributed by atoms with van der Waals surface area (Å²) in [5.41, 5.74) is 0.684. The molecular weight excluding hydrogens is 328 g/mol. The van der Waals surface area contributed by atoms with Crippen molar-refractivity contribution >= 4 is 28.9 Å². The van der Waals surface area contributed by atoms with Gasteiger partial charge in [0, 0.05) is 4.88 Å². The number of benzene rings is 1. The zero-order valence-electron chi connectivity index (χ0n) is 12.0. The molecule has 5 nitrogen and oxygen atoms in total. The van der Waals surface area contributed by atoms with Gasteiger partial charge in [-0.3, -0.25) is 4.79 Å². The van der Waals surface area contributed by atoms with E-state index in [0.717, 1.165) is 0 Å². The molecule has 118 valence electrons. The number of carbonyl (C=O) groups is 1. The van der Waals surface area contributed by atoms with Gasteiger partial charge < -0.3 is 19.7 Å². The van der Waals surface area contributed by atoms with Crippen molar-refractivity contribution < 1.29 is 24.5 Å². The van der Waals surface area contributed by atoms with E-state index in [0.29, 0.717) is 14.8 Å². The van der Waals surface area contributed by atoms with Crippen molar-refractivity contribution in [3.05, 3.63) is 39.0 Å². The van der Waals surface area contributed by atoms with E-state index in [-0.39, 0.29) is 23.7 Å². The van der Waals surface area contributed by atoms with Gasteiger partial charge in [-0.1, -0.05) is 11.6 Å². The summed E-state index contributed by atoms with van der Waals surface area (Å²) in [5, 5.41) is 19.4. The van der Waals surface area contributed by atoms with Crippen LogP contribution in [-0.4, -0.2) is 30.4 Å². The third kappa shape index (κ3) is 3.45. The fourth-order valence-corrected chi connectivity index (χ4v) is 3.28. The second-order valence-electron chi connectivity index (χ2n) is 4.59. The molecule has 0 bridgehead atoms. The third-order valence-corrected chi connectivity index (χ3v) is 4.56. The molecule has 1 heterocycles. The minimum atomic E-state index is -0.940. The van der Waals surface area contributed by atoms with Gasteiger partial charge in [0.15, 0.2) is 11.5 Å². The molecule has 1 aromatic heterocycles. The number of rotatable bonds is 6. The van der Waals surface area contributed by atoms with E-state index in [2.05, 4.69) is 0 Å². The lowest BCUT2D eigenvalue weighted by Gasteiger charge is -2.14. The molecule has 0 aliphatic heterocycles. The molecular formula is C15H15ClO5S. The molecule has 0 aliphatic carbocycles. The lowest BCUT2D eigenvalue weighted by atomic mass is 9.97. The number of carboxylic acids is 1. The highest BCUT2D eigenvalue weighted by atomic mass is 35.5. The van der Waals surface area contributed by atoms with E-state index in [1.54, 1.807) is 24.3 Å². The number of ether oxygens (including phenoxy) is 2. The number of thiophene rings is 1. The Morgan fingerprint density at radius 1 is 1.27 bits per heavy atom. The van der Waals surface area contributed by atoms with Crippen LogP contribution in [-0.2, 0) is 11.2 Å². The second-order valence-corrected chi connectivity index (χ2v) is 6.33. The van der Waals surface area contributed by atoms with Crippen molar-refractivity contribution in [3.63, 3.8) is 0 Å². The standard InChI is InChI=1S/C15H15ClO5S/c1-20-10-6-8(7-11(21-2)14(10)17)5-9(15(18)19)12-3-4-13(16)22-12/h3-4,6-7,9,17H,5H2,1-2H3,(H,18,19). The number of phenols is 1. The van der Waals surface area contributed by atoms with Gasteiger partial charge >= 0.3 is 5.97 Å². The summed E-state index contributed by atoms with van der Waals surface area (Å²) in [7, 11) is 2.85. The first kappa shape index (κ1) is 16.5. The zero-order valence-corrected chi connectivity index (χ0v) is 13.6. The molecule has 0 aliphatic rings. The molecule has 2 rings (SSSR count). The van der Waals surface area contributed by atoms with Gasteiger partial charge in [0.25, 0.3) is 0 Å². The zero-order chi connectivity index (χ0) is 16.3. The van der Waals surface area contributed by atoms with Crippen LogP contribution in [0.2, 0.25) is 4.34 Å². The fraction of sp³-hybridized carbons (Fsp3) is 0.267. The van der Waals surface area contributed by atoms with Crippen LogP contribution in [0.1, 0.15) is 16.4 Å². The molecule has 0 fully saturated rings. The maximum atomic E-state index is 11.5. The predicted octanol–water partition coefficient (Wildman–Crippen LogP) is 3.54. The molecule has 0 radical (unpaired) electrons. The van der Waals surface area contributed by atoms with Gasteiger partial charge in [-0.2, -0.15) is 0 Å². The van der Waals surface area contributed by atoms with Crippen LogP contribution >= 0.6 is 22.9 Å². The third-order valence-electron chi connectivity index (χ3n) is 3.21. The number of aromatic hydroxyl groups is 1. The Balaban J connectivity index is 2.36. The first-order valence-electron chi connectivity index (χ1n) is 6.38. The van der Waals surface area contributed by atoms with Crippen LogP contribution in [0.4, 0.5) is 0 Å². The van der Waals surface area contributed by atoms with Crippen LogP contribution < -0.4 is 9.47 Å². The van der Waals surface area contributed by atoms with Crippen molar-refractivity contribution in [2.75, 3.05) is 14.2 Å². The quantitative estimate of drug-likeness (QED) is 0.839. The maximum Gasteiger partial charge on any atom is 0.312 e. The molecule has 1 aromatic carbocycles. The van der Waals surface area contributed by atoms with E-state index in [4.69, 9.17) is 21.1 Å². The van der Waals surface area contributed by atoms with Crippen LogP contribution in [0.5, 0.6) is 17.2 Å². The molecule has 0 amide bonds. The van der Waals surface area contributed by atoms with Crippen molar-refractivity contribution in [3.8, 4) is 17.2 Å². The van der Waals surface area contributed by atoms with E-state index in [1.807, 2.05) is 0 Å². The normalized spacial score (nSPS) is 12.0. The van der Waals surface area contributed by atoms with E-state index >= 15 is 0 Å². The van der Waals surface area contributed by atoms with Gasteiger partial charge in [0.05, 0.1) is 24.5 Å². The van der Waals surface area contributed by atoms with E-state index in [9.17, 15) is 15.0 Å². The smallest absolute Gasteiger partial charge is 0.312 e. The molecule has 0 spiro atoms. The summed E-state index contributed by atoms with van der Waals surface area (Å²) in [5.74, 6) is -1.30. The highest BCUT2D eigenvalue weighted by molar-refractivity contribution is 7.16. The van der Waals surface area contributed by atoms with Gasteiger partial charge in [-0.05, 0) is 36.2 Å². The Bertz CT molecular complexity index is 657. The van der Waals surface area contributed by atoms with E-state index < -0.39 is 11.9 Å². The topological polar surface area (TPSA) is 76.0 Å². The van der Waals surface area contributed by atoms with Gasteiger partial charge in [-0.25, -0.2) is 0 Å². The molecule has 1 unspecified atom stereocenters. The number of halogens is 1. The summed E-state index contributed by atoms with van der Waals surface area (Å²) in [6.07, 6.45) is 0.235. The highest BCUT2D eigenvalue weighted by Crippen LogP contribution is 2.39. The summed E-state index contributed by atoms with van der Waals surface area (Å²) in [4.78, 5) is 12.2. The number of phenolic OH excluding ortho intramolecular Hbond substituents is 1. The van der Waals surface area contributed by atoms with Crippen LogP contribution in [0.15, 0.2) is 24.3 Å². The van der Waals surface area contributed by atoms with Gasteiger partial charge in [0.2, 0.25) is 5.75 Å². The number of aliphatic carboxylic acids is 1. The van der Waals surface area contributed by atoms with E-state index in [1.165, 1.54) is 25.6 Å². The van der Waals surface area contributed by atoms with Crippen molar-refractivity contribution in [2.24, 2.45) is 0 Å². The van der Waals surface area contributed by atoms with Crippen molar-refractivity contribution in [1.29, 1.82) is 0 Å². The molecule has 22 heavy (non-hydrogen) atoms. The minimum absolute atomic E-state index is 0.111. The first-order chi connectivity index (χ1) is 10.5. The number of hydrogen-bond acceptors (Lipinski definition) is 5. The number of carboxylic acid groups (broad SMARTS) is 1. The summed E-state index contributed by atoms with van der Waals surface area (Å²) >= 11 is 7.12. The summed E-state index contributed by atoms with van der Waals surface area (Å²) in [6.45, 7) is 0. The number of methoxy groups -OCH3 is 2. The Morgan fingerprint density at radius 3 is 2.27 bits per heavy atom. The Kier molecular flexibility index (Phi) is 5.15. The average molecular weight is 343 g/mol. The Labute approximate surface area is 136 Å². The Morgan fingerprint density at radius 2 is 1.86 bits per heavy atom. The molecule has 0 saturated carbocycles. The lowest BCUT2D eigenvalue weighted by molar-refractivity contribution is -0.138. The van der Waals surface area contributed by atoms with Gasteiger partial charge in [-0.15, -0.1) is 11.3 Å². The van der Waals surface area contributed by atoms with Crippen molar-refractivity contribution in [2.45, 2.75) is 12.3 Å². The monoisotopic (exact) mass is 342 g/mol. The number of hydrogen-bond donors (Lipinski definition) is 2. The maximum absolute atomic E-state index is 11.5.